The first-order chi connectivity index (χ1) is 15.3. The monoisotopic (exact) mass is 437 g/mol. The Hall–Kier alpha value is -3.88. The largest absolute Gasteiger partial charge is 0.480 e. The lowest BCUT2D eigenvalue weighted by Crippen LogP contribution is -2.48. The van der Waals surface area contributed by atoms with E-state index in [0.29, 0.717) is 0 Å². The number of amides is 3. The second-order valence-electron chi connectivity index (χ2n) is 7.93. The summed E-state index contributed by atoms with van der Waals surface area (Å²) in [4.78, 5) is 47.4. The van der Waals surface area contributed by atoms with Gasteiger partial charge in [0.05, 0.1) is 6.42 Å². The molecule has 2 aromatic rings. The van der Waals surface area contributed by atoms with Crippen molar-refractivity contribution in [1.82, 2.24) is 15.8 Å². The Morgan fingerprint density at radius 2 is 1.72 bits per heavy atom. The van der Waals surface area contributed by atoms with Gasteiger partial charge in [-0.05, 0) is 29.2 Å². The van der Waals surface area contributed by atoms with Crippen LogP contribution in [0.1, 0.15) is 36.8 Å². The van der Waals surface area contributed by atoms with Gasteiger partial charge in [0.1, 0.15) is 6.61 Å². The molecule has 2 aliphatic rings. The minimum Gasteiger partial charge on any atom is -0.480 e. The summed E-state index contributed by atoms with van der Waals surface area (Å²) in [6.45, 7) is 1.75. The van der Waals surface area contributed by atoms with Crippen LogP contribution in [0.2, 0.25) is 0 Å². The fourth-order valence-electron chi connectivity index (χ4n) is 4.21. The SMILES string of the molecule is CC(CC(=O)N1NC(=O)CC1C(=O)O)NC(=O)OCC1c2ccccc2-c2ccccc21. The molecule has 0 saturated carbocycles. The van der Waals surface area contributed by atoms with Crippen LogP contribution in [-0.4, -0.2) is 52.7 Å². The van der Waals surface area contributed by atoms with Crippen molar-refractivity contribution in [3.05, 3.63) is 59.7 Å². The van der Waals surface area contributed by atoms with E-state index in [0.717, 1.165) is 27.3 Å². The van der Waals surface area contributed by atoms with E-state index >= 15 is 0 Å². The molecule has 2 atom stereocenters. The quantitative estimate of drug-likeness (QED) is 0.635. The number of ether oxygens (including phenoxy) is 1. The topological polar surface area (TPSA) is 125 Å². The van der Waals surface area contributed by atoms with E-state index in [2.05, 4.69) is 10.7 Å². The van der Waals surface area contributed by atoms with Crippen molar-refractivity contribution in [2.75, 3.05) is 6.61 Å². The minimum atomic E-state index is -1.27. The maximum atomic E-state index is 12.4. The molecule has 4 rings (SSSR count). The highest BCUT2D eigenvalue weighted by Crippen LogP contribution is 2.44. The third kappa shape index (κ3) is 4.14. The number of fused-ring (bicyclic) bond motifs is 3. The van der Waals surface area contributed by atoms with Gasteiger partial charge in [0.2, 0.25) is 11.8 Å². The highest BCUT2D eigenvalue weighted by atomic mass is 16.5. The molecule has 1 aliphatic carbocycles. The number of hydrogen-bond donors (Lipinski definition) is 3. The van der Waals surface area contributed by atoms with Crippen molar-refractivity contribution in [2.24, 2.45) is 0 Å². The second-order valence-corrected chi connectivity index (χ2v) is 7.93. The van der Waals surface area contributed by atoms with E-state index < -0.39 is 36.0 Å². The number of rotatable bonds is 6. The summed E-state index contributed by atoms with van der Waals surface area (Å²) in [6, 6.07) is 14.1. The van der Waals surface area contributed by atoms with Crippen LogP contribution in [0.25, 0.3) is 11.1 Å². The molecule has 1 fully saturated rings. The number of nitrogens with one attached hydrogen (secondary N) is 2. The Balaban J connectivity index is 1.33. The lowest BCUT2D eigenvalue weighted by molar-refractivity contribution is -0.150. The number of carboxylic acids is 1. The van der Waals surface area contributed by atoms with Gasteiger partial charge >= 0.3 is 12.1 Å². The maximum Gasteiger partial charge on any atom is 0.407 e. The van der Waals surface area contributed by atoms with Gasteiger partial charge < -0.3 is 15.2 Å². The van der Waals surface area contributed by atoms with E-state index in [1.54, 1.807) is 6.92 Å². The molecule has 9 heteroatoms. The highest BCUT2D eigenvalue weighted by Gasteiger charge is 2.39. The molecular formula is C23H23N3O6. The molecule has 3 amide bonds. The van der Waals surface area contributed by atoms with Gasteiger partial charge in [-0.1, -0.05) is 48.5 Å². The van der Waals surface area contributed by atoms with Crippen molar-refractivity contribution < 1.29 is 29.0 Å². The van der Waals surface area contributed by atoms with Gasteiger partial charge in [-0.25, -0.2) is 14.6 Å². The molecule has 32 heavy (non-hydrogen) atoms. The standard InChI is InChI=1S/C23H23N3O6/c1-13(10-21(28)26-19(22(29)30)11-20(27)25-26)24-23(31)32-12-18-16-8-4-2-6-14(16)15-7-3-5-9-17(15)18/h2-9,13,18-19H,10-12H2,1H3,(H,24,31)(H,25,27)(H,29,30). The van der Waals surface area contributed by atoms with Gasteiger partial charge in [0.15, 0.2) is 6.04 Å². The first kappa shape index (κ1) is 21.4. The lowest BCUT2D eigenvalue weighted by atomic mass is 9.98. The number of carbonyl (C=O) groups is 4. The second kappa shape index (κ2) is 8.70. The number of nitrogens with zero attached hydrogens (tertiary/aromatic N) is 1. The maximum absolute atomic E-state index is 12.4. The van der Waals surface area contributed by atoms with Crippen LogP contribution in [-0.2, 0) is 19.1 Å². The molecule has 2 unspecified atom stereocenters. The average molecular weight is 437 g/mol. The summed E-state index contributed by atoms with van der Waals surface area (Å²) in [6.07, 6.45) is -1.16. The molecule has 1 heterocycles. The number of benzene rings is 2. The number of hydrogen-bond acceptors (Lipinski definition) is 5. The average Bonchev–Trinajstić information content (AvgIpc) is 3.31. The Morgan fingerprint density at radius 3 is 2.31 bits per heavy atom. The number of hydrazine groups is 1. The van der Waals surface area contributed by atoms with Gasteiger partial charge in [0, 0.05) is 18.4 Å². The molecule has 9 nitrogen and oxygen atoms in total. The van der Waals surface area contributed by atoms with Crippen LogP contribution >= 0.6 is 0 Å². The van der Waals surface area contributed by atoms with Crippen LogP contribution < -0.4 is 10.7 Å². The fraction of sp³-hybridized carbons (Fsp3) is 0.304. The van der Waals surface area contributed by atoms with Crippen molar-refractivity contribution >= 4 is 23.9 Å². The smallest absolute Gasteiger partial charge is 0.407 e. The van der Waals surface area contributed by atoms with Crippen LogP contribution in [0.15, 0.2) is 48.5 Å². The third-order valence-corrected chi connectivity index (χ3v) is 5.68. The predicted molar refractivity (Wildman–Crippen MR) is 113 cm³/mol. The van der Waals surface area contributed by atoms with Gasteiger partial charge in [0.25, 0.3) is 0 Å². The molecule has 3 N–H and O–H groups in total. The molecule has 2 aromatic carbocycles. The summed E-state index contributed by atoms with van der Waals surface area (Å²) in [5.41, 5.74) is 6.67. The van der Waals surface area contributed by atoms with E-state index in [1.165, 1.54) is 0 Å². The normalized spacial score (nSPS) is 17.8. The van der Waals surface area contributed by atoms with E-state index in [4.69, 9.17) is 9.84 Å². The molecule has 0 spiro atoms. The summed E-state index contributed by atoms with van der Waals surface area (Å²) in [5.74, 6) is -2.49. The molecular weight excluding hydrogens is 414 g/mol. The van der Waals surface area contributed by atoms with Crippen LogP contribution in [0.4, 0.5) is 4.79 Å². The Bertz CT molecular complexity index is 1040. The molecule has 0 aromatic heterocycles. The first-order valence-electron chi connectivity index (χ1n) is 10.3. The minimum absolute atomic E-state index is 0.0822. The zero-order valence-electron chi connectivity index (χ0n) is 17.4. The van der Waals surface area contributed by atoms with Crippen molar-refractivity contribution in [3.8, 4) is 11.1 Å². The summed E-state index contributed by atoms with van der Waals surface area (Å²) < 4.78 is 5.45. The summed E-state index contributed by atoms with van der Waals surface area (Å²) in [5, 5.41) is 12.6. The molecule has 1 aliphatic heterocycles. The number of carboxylic acid groups (broad SMARTS) is 1. The highest BCUT2D eigenvalue weighted by molar-refractivity contribution is 5.93. The van der Waals surface area contributed by atoms with Crippen LogP contribution in [0.5, 0.6) is 0 Å². The Morgan fingerprint density at radius 1 is 1.12 bits per heavy atom. The van der Waals surface area contributed by atoms with Gasteiger partial charge in [-0.15, -0.1) is 0 Å². The van der Waals surface area contributed by atoms with Crippen LogP contribution in [0, 0.1) is 0 Å². The number of alkyl carbamates (subject to hydrolysis) is 1. The fourth-order valence-corrected chi connectivity index (χ4v) is 4.21. The molecule has 0 bridgehead atoms. The number of carbonyl (C=O) groups excluding carboxylic acids is 3. The zero-order chi connectivity index (χ0) is 22.8. The lowest BCUT2D eigenvalue weighted by Gasteiger charge is -2.22. The zero-order valence-corrected chi connectivity index (χ0v) is 17.4. The summed E-state index contributed by atoms with van der Waals surface area (Å²) in [7, 11) is 0. The summed E-state index contributed by atoms with van der Waals surface area (Å²) >= 11 is 0. The Kier molecular flexibility index (Phi) is 5.81. The molecule has 0 radical (unpaired) electrons. The van der Waals surface area contributed by atoms with E-state index in [1.807, 2.05) is 48.5 Å². The Labute approximate surface area is 184 Å². The van der Waals surface area contributed by atoms with Gasteiger partial charge in [-0.3, -0.25) is 15.0 Å². The van der Waals surface area contributed by atoms with E-state index in [-0.39, 0.29) is 25.4 Å². The van der Waals surface area contributed by atoms with Crippen molar-refractivity contribution in [3.63, 3.8) is 0 Å². The number of aliphatic carboxylic acids is 1. The molecule has 1 saturated heterocycles. The predicted octanol–water partition coefficient (Wildman–Crippen LogP) is 2.02. The van der Waals surface area contributed by atoms with Gasteiger partial charge in [-0.2, -0.15) is 0 Å². The van der Waals surface area contributed by atoms with Crippen molar-refractivity contribution in [1.29, 1.82) is 0 Å². The van der Waals surface area contributed by atoms with E-state index in [9.17, 15) is 19.2 Å². The van der Waals surface area contributed by atoms with Crippen LogP contribution in [0.3, 0.4) is 0 Å². The first-order valence-corrected chi connectivity index (χ1v) is 10.3. The molecule has 166 valence electrons. The third-order valence-electron chi connectivity index (χ3n) is 5.68. The van der Waals surface area contributed by atoms with Crippen molar-refractivity contribution in [2.45, 2.75) is 37.8 Å².